The second-order valence-corrected chi connectivity index (χ2v) is 5.42. The first-order valence-corrected chi connectivity index (χ1v) is 7.19. The Morgan fingerprint density at radius 3 is 2.87 bits per heavy atom. The van der Waals surface area contributed by atoms with Gasteiger partial charge in [0.2, 0.25) is 0 Å². The molecule has 120 valence electrons. The van der Waals surface area contributed by atoms with Crippen LogP contribution >= 0.6 is 0 Å². The Balaban J connectivity index is 1.60. The van der Waals surface area contributed by atoms with Gasteiger partial charge in [0.05, 0.1) is 6.10 Å². The summed E-state index contributed by atoms with van der Waals surface area (Å²) in [6, 6.07) is 8.34. The molecule has 1 aliphatic rings. The molecule has 0 saturated carbocycles. The maximum atomic E-state index is 12.0. The number of carbonyl (C=O) groups is 2. The first kappa shape index (κ1) is 15.2. The summed E-state index contributed by atoms with van der Waals surface area (Å²) in [5, 5.41) is 12.9. The first-order valence-electron chi connectivity index (χ1n) is 7.19. The maximum absolute atomic E-state index is 12.0. The molecule has 0 spiro atoms. The molecule has 7 heteroatoms. The zero-order chi connectivity index (χ0) is 16.4. The van der Waals surface area contributed by atoms with Gasteiger partial charge < -0.3 is 19.3 Å². The van der Waals surface area contributed by atoms with Crippen LogP contribution in [0, 0.1) is 0 Å². The van der Waals surface area contributed by atoms with E-state index in [-0.39, 0.29) is 24.0 Å². The van der Waals surface area contributed by atoms with Crippen LogP contribution in [-0.2, 0) is 6.61 Å². The molecular formula is C16H16N2O5. The third-order valence-electron chi connectivity index (χ3n) is 3.55. The van der Waals surface area contributed by atoms with Gasteiger partial charge in [-0.2, -0.15) is 0 Å². The fraction of sp³-hybridized carbons (Fsp3) is 0.312. The fourth-order valence-electron chi connectivity index (χ4n) is 2.22. The van der Waals surface area contributed by atoms with Crippen molar-refractivity contribution >= 4 is 11.7 Å². The minimum atomic E-state index is -0.456. The van der Waals surface area contributed by atoms with E-state index in [1.165, 1.54) is 17.9 Å². The van der Waals surface area contributed by atoms with Crippen molar-refractivity contribution in [3.05, 3.63) is 47.3 Å². The molecule has 1 aromatic carbocycles. The van der Waals surface area contributed by atoms with Gasteiger partial charge in [0, 0.05) is 24.7 Å². The van der Waals surface area contributed by atoms with E-state index in [9.17, 15) is 14.7 Å². The van der Waals surface area contributed by atoms with Gasteiger partial charge in [-0.25, -0.2) is 0 Å². The highest BCUT2D eigenvalue weighted by Gasteiger charge is 2.31. The largest absolute Gasteiger partial charge is 0.486 e. The molecule has 0 unspecified atom stereocenters. The zero-order valence-corrected chi connectivity index (χ0v) is 12.6. The predicted octanol–water partition coefficient (Wildman–Crippen LogP) is 1.27. The standard InChI is InChI=1S/C16H16N2O5/c1-10(19)11-3-2-4-13(5-11)22-9-14-6-15(17-23-14)16(21)18-7-12(20)8-18/h2-6,12,20H,7-9H2,1H3. The highest BCUT2D eigenvalue weighted by Crippen LogP contribution is 2.17. The number of Topliss-reactive ketones (excluding diaryl/α,β-unsaturated/α-hetero) is 1. The first-order chi connectivity index (χ1) is 11.0. The average Bonchev–Trinajstić information content (AvgIpc) is 2.98. The number of rotatable bonds is 5. The van der Waals surface area contributed by atoms with Crippen molar-refractivity contribution in [2.45, 2.75) is 19.6 Å². The number of aliphatic hydroxyl groups excluding tert-OH is 1. The van der Waals surface area contributed by atoms with E-state index in [0.29, 0.717) is 30.2 Å². The monoisotopic (exact) mass is 316 g/mol. The van der Waals surface area contributed by atoms with Crippen molar-refractivity contribution < 1.29 is 24.0 Å². The molecule has 1 aromatic heterocycles. The second kappa shape index (κ2) is 6.21. The molecule has 1 N–H and O–H groups in total. The zero-order valence-electron chi connectivity index (χ0n) is 12.6. The third-order valence-corrected chi connectivity index (χ3v) is 3.55. The van der Waals surface area contributed by atoms with Gasteiger partial charge in [-0.05, 0) is 19.1 Å². The molecule has 23 heavy (non-hydrogen) atoms. The molecular weight excluding hydrogens is 300 g/mol. The Labute approximate surface area is 132 Å². The van der Waals surface area contributed by atoms with Gasteiger partial charge >= 0.3 is 0 Å². The quantitative estimate of drug-likeness (QED) is 0.835. The molecule has 0 radical (unpaired) electrons. The number of likely N-dealkylation sites (tertiary alicyclic amines) is 1. The second-order valence-electron chi connectivity index (χ2n) is 5.42. The summed E-state index contributed by atoms with van der Waals surface area (Å²) in [4.78, 5) is 24.8. The Bertz CT molecular complexity index is 734. The average molecular weight is 316 g/mol. The molecule has 1 fully saturated rings. The molecule has 1 amide bonds. The summed E-state index contributed by atoms with van der Waals surface area (Å²) in [6.07, 6.45) is -0.456. The van der Waals surface area contributed by atoms with E-state index in [0.717, 1.165) is 0 Å². The van der Waals surface area contributed by atoms with Gasteiger partial charge in [-0.1, -0.05) is 17.3 Å². The lowest BCUT2D eigenvalue weighted by atomic mass is 10.1. The van der Waals surface area contributed by atoms with Crippen LogP contribution in [0.5, 0.6) is 5.75 Å². The van der Waals surface area contributed by atoms with Crippen LogP contribution < -0.4 is 4.74 Å². The molecule has 3 rings (SSSR count). The molecule has 0 aliphatic carbocycles. The highest BCUT2D eigenvalue weighted by atomic mass is 16.5. The molecule has 1 aliphatic heterocycles. The number of β-amino-alcohol motifs (C(OH)–C–C–N with tert-alkyl or cyclic N) is 1. The Hall–Kier alpha value is -2.67. The number of ketones is 1. The Morgan fingerprint density at radius 1 is 1.39 bits per heavy atom. The van der Waals surface area contributed by atoms with E-state index in [2.05, 4.69) is 5.16 Å². The minimum absolute atomic E-state index is 0.0419. The number of ether oxygens (including phenoxy) is 1. The number of aliphatic hydroxyl groups is 1. The lowest BCUT2D eigenvalue weighted by Crippen LogP contribution is -2.53. The van der Waals surface area contributed by atoms with Crippen LogP contribution in [0.15, 0.2) is 34.9 Å². The smallest absolute Gasteiger partial charge is 0.276 e. The number of aromatic nitrogens is 1. The number of amides is 1. The predicted molar refractivity (Wildman–Crippen MR) is 79.2 cm³/mol. The third kappa shape index (κ3) is 3.40. The summed E-state index contributed by atoms with van der Waals surface area (Å²) in [7, 11) is 0. The summed E-state index contributed by atoms with van der Waals surface area (Å²) in [6.45, 7) is 2.22. The minimum Gasteiger partial charge on any atom is -0.486 e. The molecule has 1 saturated heterocycles. The van der Waals surface area contributed by atoms with E-state index in [4.69, 9.17) is 9.26 Å². The van der Waals surface area contributed by atoms with Gasteiger partial charge in [0.1, 0.15) is 12.4 Å². The van der Waals surface area contributed by atoms with Crippen molar-refractivity contribution in [2.75, 3.05) is 13.1 Å². The number of hydrogen-bond donors (Lipinski definition) is 1. The number of nitrogens with zero attached hydrogens (tertiary/aromatic N) is 2. The summed E-state index contributed by atoms with van der Waals surface area (Å²) >= 11 is 0. The van der Waals surface area contributed by atoms with E-state index in [1.807, 2.05) is 0 Å². The van der Waals surface area contributed by atoms with Crippen LogP contribution in [-0.4, -0.2) is 46.0 Å². The lowest BCUT2D eigenvalue weighted by Gasteiger charge is -2.35. The van der Waals surface area contributed by atoms with E-state index < -0.39 is 6.10 Å². The molecule has 2 heterocycles. The highest BCUT2D eigenvalue weighted by molar-refractivity contribution is 5.94. The number of carbonyl (C=O) groups excluding carboxylic acids is 2. The maximum Gasteiger partial charge on any atom is 0.276 e. The fourth-order valence-corrected chi connectivity index (χ4v) is 2.22. The van der Waals surface area contributed by atoms with Crippen LogP contribution in [0.4, 0.5) is 0 Å². The summed E-state index contributed by atoms with van der Waals surface area (Å²) in [5.41, 5.74) is 0.750. The summed E-state index contributed by atoms with van der Waals surface area (Å²) < 4.78 is 10.6. The molecule has 7 nitrogen and oxygen atoms in total. The molecule has 0 atom stereocenters. The van der Waals surface area contributed by atoms with Crippen LogP contribution in [0.2, 0.25) is 0 Å². The number of benzene rings is 1. The van der Waals surface area contributed by atoms with E-state index in [1.54, 1.807) is 24.3 Å². The van der Waals surface area contributed by atoms with Crippen molar-refractivity contribution in [1.82, 2.24) is 10.1 Å². The van der Waals surface area contributed by atoms with Crippen molar-refractivity contribution in [2.24, 2.45) is 0 Å². The van der Waals surface area contributed by atoms with Gasteiger partial charge in [0.15, 0.2) is 17.2 Å². The van der Waals surface area contributed by atoms with Crippen LogP contribution in [0.25, 0.3) is 0 Å². The van der Waals surface area contributed by atoms with Crippen LogP contribution in [0.3, 0.4) is 0 Å². The Kier molecular flexibility index (Phi) is 4.12. The lowest BCUT2D eigenvalue weighted by molar-refractivity contribution is 0.00524. The number of hydrogen-bond acceptors (Lipinski definition) is 6. The van der Waals surface area contributed by atoms with E-state index >= 15 is 0 Å². The topological polar surface area (TPSA) is 92.9 Å². The van der Waals surface area contributed by atoms with Crippen LogP contribution in [0.1, 0.15) is 33.5 Å². The normalized spacial score (nSPS) is 14.4. The van der Waals surface area contributed by atoms with Gasteiger partial charge in [-0.15, -0.1) is 0 Å². The van der Waals surface area contributed by atoms with Crippen molar-refractivity contribution in [3.8, 4) is 5.75 Å². The van der Waals surface area contributed by atoms with Gasteiger partial charge in [0.25, 0.3) is 5.91 Å². The van der Waals surface area contributed by atoms with Crippen molar-refractivity contribution in [1.29, 1.82) is 0 Å². The van der Waals surface area contributed by atoms with Crippen molar-refractivity contribution in [3.63, 3.8) is 0 Å². The SMILES string of the molecule is CC(=O)c1cccc(OCc2cc(C(=O)N3CC(O)C3)no2)c1. The molecule has 0 bridgehead atoms. The molecule has 2 aromatic rings. The Morgan fingerprint density at radius 2 is 2.17 bits per heavy atom. The summed E-state index contributed by atoms with van der Waals surface area (Å²) in [5.74, 6) is 0.624. The van der Waals surface area contributed by atoms with Gasteiger partial charge in [-0.3, -0.25) is 9.59 Å².